The predicted octanol–water partition coefficient (Wildman–Crippen LogP) is 3.66. The van der Waals surface area contributed by atoms with E-state index in [0.717, 1.165) is 27.4 Å². The van der Waals surface area contributed by atoms with Gasteiger partial charge in [0, 0.05) is 11.8 Å². The molecule has 1 amide bonds. The number of benzene rings is 2. The number of fused-ring (bicyclic) bond motifs is 1. The average molecular weight is 406 g/mol. The van der Waals surface area contributed by atoms with E-state index in [1.807, 2.05) is 24.3 Å². The van der Waals surface area contributed by atoms with E-state index in [1.165, 1.54) is 24.3 Å². The summed E-state index contributed by atoms with van der Waals surface area (Å²) in [5.41, 5.74) is 0.912. The molecule has 0 bridgehead atoms. The van der Waals surface area contributed by atoms with Crippen molar-refractivity contribution in [1.82, 2.24) is 4.98 Å². The first-order chi connectivity index (χ1) is 13.4. The highest BCUT2D eigenvalue weighted by atomic mass is 32.1. The molecule has 0 aliphatic carbocycles. The van der Waals surface area contributed by atoms with Gasteiger partial charge in [-0.2, -0.15) is 0 Å². The summed E-state index contributed by atoms with van der Waals surface area (Å²) in [7, 11) is 0. The molecule has 0 aliphatic rings. The molecule has 1 N–H and O–H groups in total. The van der Waals surface area contributed by atoms with Crippen LogP contribution in [0.5, 0.6) is 0 Å². The standard InChI is InChI=1S/C19H16F2N2O4S/c1-11(19(25)22-12-6-7-13(20)14(21)8-12)27-18(24)10-26-9-17-23-15-4-2-3-5-16(15)28-17/h2-8,11H,9-10H2,1H3,(H,22,25)/t11-/m1/s1. The molecule has 1 heterocycles. The number of nitrogens with zero attached hydrogens (tertiary/aromatic N) is 1. The molecule has 28 heavy (non-hydrogen) atoms. The van der Waals surface area contributed by atoms with Crippen LogP contribution in [-0.4, -0.2) is 29.6 Å². The summed E-state index contributed by atoms with van der Waals surface area (Å²) in [6.07, 6.45) is -1.13. The van der Waals surface area contributed by atoms with E-state index in [-0.39, 0.29) is 18.9 Å². The third-order valence-corrected chi connectivity index (χ3v) is 4.66. The molecule has 1 atom stereocenters. The Kier molecular flexibility index (Phi) is 6.27. The predicted molar refractivity (Wildman–Crippen MR) is 99.8 cm³/mol. The molecule has 146 valence electrons. The molecule has 6 nitrogen and oxygen atoms in total. The van der Waals surface area contributed by atoms with Crippen LogP contribution < -0.4 is 5.32 Å². The SMILES string of the molecule is C[C@@H](OC(=O)COCc1nc2ccccc2s1)C(=O)Nc1ccc(F)c(F)c1. The molecule has 0 aliphatic heterocycles. The average Bonchev–Trinajstić information content (AvgIpc) is 3.07. The lowest BCUT2D eigenvalue weighted by Gasteiger charge is -2.13. The number of carbonyl (C=O) groups excluding carboxylic acids is 2. The van der Waals surface area contributed by atoms with Crippen molar-refractivity contribution in [2.45, 2.75) is 19.6 Å². The molecule has 9 heteroatoms. The first-order valence-corrected chi connectivity index (χ1v) is 9.11. The number of thiazole rings is 1. The Bertz CT molecular complexity index is 976. The Labute approximate surface area is 163 Å². The van der Waals surface area contributed by atoms with Crippen LogP contribution in [0.3, 0.4) is 0 Å². The third-order valence-electron chi connectivity index (χ3n) is 3.65. The van der Waals surface area contributed by atoms with Gasteiger partial charge >= 0.3 is 5.97 Å². The van der Waals surface area contributed by atoms with Crippen LogP contribution in [0.1, 0.15) is 11.9 Å². The second kappa shape index (κ2) is 8.85. The first-order valence-electron chi connectivity index (χ1n) is 8.30. The summed E-state index contributed by atoms with van der Waals surface area (Å²) in [6.45, 7) is 1.16. The number of aromatic nitrogens is 1. The molecule has 0 radical (unpaired) electrons. The smallest absolute Gasteiger partial charge is 0.332 e. The Hall–Kier alpha value is -2.91. The molecule has 0 unspecified atom stereocenters. The molecule has 1 aromatic heterocycles. The number of carbonyl (C=O) groups is 2. The van der Waals surface area contributed by atoms with Crippen LogP contribution in [0.2, 0.25) is 0 Å². The van der Waals surface area contributed by atoms with Gasteiger partial charge in [-0.15, -0.1) is 11.3 Å². The van der Waals surface area contributed by atoms with Gasteiger partial charge in [-0.3, -0.25) is 4.79 Å². The van der Waals surface area contributed by atoms with Crippen molar-refractivity contribution in [3.8, 4) is 0 Å². The van der Waals surface area contributed by atoms with E-state index in [2.05, 4.69) is 10.3 Å². The molecule has 3 rings (SSSR count). The fraction of sp³-hybridized carbons (Fsp3) is 0.211. The number of rotatable bonds is 7. The highest BCUT2D eigenvalue weighted by Crippen LogP contribution is 2.22. The molecular formula is C19H16F2N2O4S. The van der Waals surface area contributed by atoms with E-state index in [1.54, 1.807) is 0 Å². The number of anilines is 1. The van der Waals surface area contributed by atoms with E-state index in [4.69, 9.17) is 9.47 Å². The van der Waals surface area contributed by atoms with Crippen molar-refractivity contribution in [1.29, 1.82) is 0 Å². The molecule has 0 saturated heterocycles. The van der Waals surface area contributed by atoms with Gasteiger partial charge in [-0.1, -0.05) is 12.1 Å². The number of halogens is 2. The summed E-state index contributed by atoms with van der Waals surface area (Å²) in [6, 6.07) is 10.5. The minimum atomic E-state index is -1.13. The Morgan fingerprint density at radius 1 is 1.18 bits per heavy atom. The van der Waals surface area contributed by atoms with Crippen LogP contribution in [0, 0.1) is 11.6 Å². The van der Waals surface area contributed by atoms with Crippen molar-refractivity contribution in [3.05, 3.63) is 59.1 Å². The van der Waals surface area contributed by atoms with Crippen molar-refractivity contribution in [3.63, 3.8) is 0 Å². The van der Waals surface area contributed by atoms with Gasteiger partial charge in [-0.25, -0.2) is 18.6 Å². The largest absolute Gasteiger partial charge is 0.451 e. The summed E-state index contributed by atoms with van der Waals surface area (Å²) in [5.74, 6) is -3.52. The first kappa shape index (κ1) is 19.8. The zero-order valence-electron chi connectivity index (χ0n) is 14.8. The van der Waals surface area contributed by atoms with Gasteiger partial charge in [0.25, 0.3) is 5.91 Å². The number of hydrogen-bond donors (Lipinski definition) is 1. The fourth-order valence-corrected chi connectivity index (χ4v) is 3.21. The van der Waals surface area contributed by atoms with Crippen LogP contribution >= 0.6 is 11.3 Å². The van der Waals surface area contributed by atoms with Gasteiger partial charge in [0.1, 0.15) is 11.6 Å². The minimum absolute atomic E-state index is 0.0545. The highest BCUT2D eigenvalue weighted by Gasteiger charge is 2.18. The van der Waals surface area contributed by atoms with Crippen LogP contribution in [0.15, 0.2) is 42.5 Å². The second-order valence-corrected chi connectivity index (χ2v) is 6.93. The molecule has 0 saturated carbocycles. The molecule has 0 spiro atoms. The number of amides is 1. The van der Waals surface area contributed by atoms with Crippen LogP contribution in [-0.2, 0) is 25.7 Å². The lowest BCUT2D eigenvalue weighted by atomic mass is 10.3. The molecular weight excluding hydrogens is 390 g/mol. The zero-order valence-corrected chi connectivity index (χ0v) is 15.6. The van der Waals surface area contributed by atoms with Crippen molar-refractivity contribution < 1.29 is 27.8 Å². The van der Waals surface area contributed by atoms with Crippen molar-refractivity contribution >= 4 is 39.1 Å². The summed E-state index contributed by atoms with van der Waals surface area (Å²) >= 11 is 1.46. The van der Waals surface area contributed by atoms with E-state index < -0.39 is 29.6 Å². The maximum Gasteiger partial charge on any atom is 0.332 e. The fourth-order valence-electron chi connectivity index (χ4n) is 2.31. The topological polar surface area (TPSA) is 77.5 Å². The Morgan fingerprint density at radius 2 is 1.96 bits per heavy atom. The quantitative estimate of drug-likeness (QED) is 0.606. The number of esters is 1. The van der Waals surface area contributed by atoms with Crippen molar-refractivity contribution in [2.75, 3.05) is 11.9 Å². The van der Waals surface area contributed by atoms with E-state index in [0.29, 0.717) is 0 Å². The van der Waals surface area contributed by atoms with Gasteiger partial charge in [0.2, 0.25) is 0 Å². The molecule has 0 fully saturated rings. The lowest BCUT2D eigenvalue weighted by Crippen LogP contribution is -2.31. The van der Waals surface area contributed by atoms with Gasteiger partial charge in [0.05, 0.1) is 16.8 Å². The van der Waals surface area contributed by atoms with Gasteiger partial charge in [-0.05, 0) is 31.2 Å². The minimum Gasteiger partial charge on any atom is -0.451 e. The summed E-state index contributed by atoms with van der Waals surface area (Å²) < 4.78 is 37.3. The van der Waals surface area contributed by atoms with Crippen LogP contribution in [0.25, 0.3) is 10.2 Å². The summed E-state index contributed by atoms with van der Waals surface area (Å²) in [5, 5.41) is 3.06. The maximum atomic E-state index is 13.2. The number of ether oxygens (including phenoxy) is 2. The van der Waals surface area contributed by atoms with Gasteiger partial charge in [0.15, 0.2) is 17.7 Å². The second-order valence-electron chi connectivity index (χ2n) is 5.82. The van der Waals surface area contributed by atoms with Crippen LogP contribution in [0.4, 0.5) is 14.5 Å². The Morgan fingerprint density at radius 3 is 2.71 bits per heavy atom. The molecule has 2 aromatic carbocycles. The summed E-state index contributed by atoms with van der Waals surface area (Å²) in [4.78, 5) is 28.2. The normalized spacial score (nSPS) is 12.0. The van der Waals surface area contributed by atoms with E-state index >= 15 is 0 Å². The number of nitrogens with one attached hydrogen (secondary N) is 1. The zero-order chi connectivity index (χ0) is 20.1. The maximum absolute atomic E-state index is 13.2. The highest BCUT2D eigenvalue weighted by molar-refractivity contribution is 7.18. The van der Waals surface area contributed by atoms with E-state index in [9.17, 15) is 18.4 Å². The van der Waals surface area contributed by atoms with Gasteiger partial charge < -0.3 is 14.8 Å². The number of hydrogen-bond acceptors (Lipinski definition) is 6. The molecule has 3 aromatic rings. The van der Waals surface area contributed by atoms with Crippen molar-refractivity contribution in [2.24, 2.45) is 0 Å². The Balaban J connectivity index is 1.44. The monoisotopic (exact) mass is 406 g/mol. The third kappa shape index (κ3) is 5.08. The lowest BCUT2D eigenvalue weighted by molar-refractivity contribution is -0.157. The number of para-hydroxylation sites is 1.